The van der Waals surface area contributed by atoms with Crippen molar-refractivity contribution in [2.45, 2.75) is 12.5 Å². The summed E-state index contributed by atoms with van der Waals surface area (Å²) in [6.45, 7) is 1.67. The predicted molar refractivity (Wildman–Crippen MR) is 76.0 cm³/mol. The van der Waals surface area contributed by atoms with Gasteiger partial charge < -0.3 is 24.8 Å². The number of hydrogen-bond donors (Lipinski definition) is 2. The van der Waals surface area contributed by atoms with E-state index in [0.29, 0.717) is 43.7 Å². The van der Waals surface area contributed by atoms with E-state index in [-0.39, 0.29) is 11.9 Å². The first-order valence-electron chi connectivity index (χ1n) is 6.49. The molecular formula is C12H17ClN4O4. The van der Waals surface area contributed by atoms with Crippen LogP contribution in [0.2, 0.25) is 5.02 Å². The zero-order valence-corrected chi connectivity index (χ0v) is 12.3. The number of likely N-dealkylation sites (tertiary alicyclic amines) is 1. The average molecular weight is 317 g/mol. The molecule has 2 rings (SSSR count). The van der Waals surface area contributed by atoms with Gasteiger partial charge in [-0.3, -0.25) is 0 Å². The Hall–Kier alpha value is -1.80. The number of hydrogen-bond acceptors (Lipinski definition) is 6. The van der Waals surface area contributed by atoms with Gasteiger partial charge in [-0.15, -0.1) is 0 Å². The smallest absolute Gasteiger partial charge is 0.407 e. The molecule has 1 fully saturated rings. The van der Waals surface area contributed by atoms with Crippen LogP contribution in [0.1, 0.15) is 6.42 Å². The number of carbonyl (C=O) groups is 1. The van der Waals surface area contributed by atoms with E-state index in [9.17, 15) is 4.79 Å². The van der Waals surface area contributed by atoms with Crippen LogP contribution < -0.4 is 10.1 Å². The minimum atomic E-state index is -0.917. The summed E-state index contributed by atoms with van der Waals surface area (Å²) in [6.07, 6.45) is 1.24. The number of halogens is 1. The van der Waals surface area contributed by atoms with Crippen molar-refractivity contribution in [2.24, 2.45) is 0 Å². The molecule has 0 spiro atoms. The van der Waals surface area contributed by atoms with Gasteiger partial charge >= 0.3 is 6.09 Å². The number of ether oxygens (including phenoxy) is 2. The van der Waals surface area contributed by atoms with Crippen molar-refractivity contribution in [3.8, 4) is 5.88 Å². The van der Waals surface area contributed by atoms with Crippen LogP contribution in [-0.2, 0) is 4.74 Å². The fraction of sp³-hybridized carbons (Fsp3) is 0.583. The van der Waals surface area contributed by atoms with Gasteiger partial charge in [-0.25, -0.2) is 9.78 Å². The number of nitrogens with zero attached hydrogens (tertiary/aromatic N) is 3. The summed E-state index contributed by atoms with van der Waals surface area (Å²) in [5.74, 6) is 0.642. The molecule has 21 heavy (non-hydrogen) atoms. The van der Waals surface area contributed by atoms with Crippen molar-refractivity contribution >= 4 is 23.6 Å². The first-order valence-corrected chi connectivity index (χ1v) is 6.86. The number of rotatable bonds is 6. The number of anilines is 1. The van der Waals surface area contributed by atoms with Crippen molar-refractivity contribution < 1.29 is 19.4 Å². The molecule has 1 aromatic rings. The number of nitrogens with one attached hydrogen (secondary N) is 1. The topological polar surface area (TPSA) is 96.8 Å². The molecule has 1 amide bonds. The van der Waals surface area contributed by atoms with Gasteiger partial charge in [-0.2, -0.15) is 4.98 Å². The van der Waals surface area contributed by atoms with Gasteiger partial charge in [0.25, 0.3) is 0 Å². The molecule has 9 heteroatoms. The van der Waals surface area contributed by atoms with Crippen LogP contribution >= 0.6 is 11.6 Å². The first kappa shape index (κ1) is 15.6. The first-order chi connectivity index (χ1) is 10.1. The number of amides is 1. The zero-order valence-electron chi connectivity index (χ0n) is 11.6. The highest BCUT2D eigenvalue weighted by atomic mass is 35.5. The Kier molecular flexibility index (Phi) is 5.40. The van der Waals surface area contributed by atoms with Crippen LogP contribution in [0.3, 0.4) is 0 Å². The molecule has 1 atom stereocenters. The lowest BCUT2D eigenvalue weighted by atomic mass is 10.3. The molecule has 0 saturated carbocycles. The van der Waals surface area contributed by atoms with Gasteiger partial charge in [0, 0.05) is 26.2 Å². The van der Waals surface area contributed by atoms with Crippen molar-refractivity contribution in [3.63, 3.8) is 0 Å². The molecule has 1 saturated heterocycles. The lowest BCUT2D eigenvalue weighted by Gasteiger charge is -2.14. The third kappa shape index (κ3) is 4.33. The monoisotopic (exact) mass is 316 g/mol. The van der Waals surface area contributed by atoms with E-state index in [4.69, 9.17) is 26.2 Å². The van der Waals surface area contributed by atoms with Gasteiger partial charge in [0.05, 0.1) is 12.8 Å². The summed E-state index contributed by atoms with van der Waals surface area (Å²) in [5, 5.41) is 12.3. The third-order valence-electron chi connectivity index (χ3n) is 3.03. The number of carboxylic acid groups (broad SMARTS) is 1. The second kappa shape index (κ2) is 7.28. The van der Waals surface area contributed by atoms with E-state index in [0.717, 1.165) is 0 Å². The zero-order chi connectivity index (χ0) is 15.2. The molecule has 116 valence electrons. The predicted octanol–water partition coefficient (Wildman–Crippen LogP) is 1.32. The maximum absolute atomic E-state index is 10.9. The normalized spacial score (nSPS) is 17.8. The minimum Gasteiger partial charge on any atom is -0.474 e. The van der Waals surface area contributed by atoms with E-state index in [1.807, 2.05) is 0 Å². The molecule has 0 aliphatic carbocycles. The Morgan fingerprint density at radius 2 is 2.43 bits per heavy atom. The summed E-state index contributed by atoms with van der Waals surface area (Å²) < 4.78 is 10.3. The van der Waals surface area contributed by atoms with Crippen molar-refractivity contribution in [2.75, 3.05) is 38.7 Å². The fourth-order valence-electron chi connectivity index (χ4n) is 1.98. The summed E-state index contributed by atoms with van der Waals surface area (Å²) >= 11 is 5.95. The van der Waals surface area contributed by atoms with Crippen molar-refractivity contribution in [3.05, 3.63) is 11.2 Å². The summed E-state index contributed by atoms with van der Waals surface area (Å²) in [5.41, 5.74) is 0. The maximum atomic E-state index is 10.9. The molecule has 2 N–H and O–H groups in total. The van der Waals surface area contributed by atoms with Gasteiger partial charge in [0.1, 0.15) is 11.6 Å². The molecule has 8 nitrogen and oxygen atoms in total. The average Bonchev–Trinajstić information content (AvgIpc) is 2.91. The van der Waals surface area contributed by atoms with Crippen molar-refractivity contribution in [1.29, 1.82) is 0 Å². The van der Waals surface area contributed by atoms with E-state index in [1.54, 1.807) is 7.11 Å². The van der Waals surface area contributed by atoms with Crippen LogP contribution in [0.5, 0.6) is 5.88 Å². The Bertz CT molecular complexity index is 502. The molecule has 0 unspecified atom stereocenters. The molecule has 1 aromatic heterocycles. The lowest BCUT2D eigenvalue weighted by Crippen LogP contribution is -2.30. The molecule has 2 heterocycles. The molecular weight excluding hydrogens is 300 g/mol. The largest absolute Gasteiger partial charge is 0.474 e. The standard InChI is InChI=1S/C12H17ClN4O4/c1-20-4-5-21-10-9(13)6-14-11(16-10)15-8-2-3-17(7-8)12(18)19/h6,8H,2-5,7H2,1H3,(H,18,19)(H,14,15,16)/t8-/m1/s1. The molecule has 1 aliphatic rings. The van der Waals surface area contributed by atoms with Crippen LogP contribution in [0, 0.1) is 0 Å². The molecule has 0 radical (unpaired) electrons. The fourth-order valence-corrected chi connectivity index (χ4v) is 2.12. The summed E-state index contributed by atoms with van der Waals surface area (Å²) in [6, 6.07) is -0.0194. The lowest BCUT2D eigenvalue weighted by molar-refractivity contribution is 0.144. The Balaban J connectivity index is 1.94. The van der Waals surface area contributed by atoms with Crippen molar-refractivity contribution in [1.82, 2.24) is 14.9 Å². The van der Waals surface area contributed by atoms with Gasteiger partial charge in [-0.05, 0) is 6.42 Å². The summed E-state index contributed by atoms with van der Waals surface area (Å²) in [4.78, 5) is 20.5. The second-order valence-corrected chi connectivity index (χ2v) is 4.95. The molecule has 0 bridgehead atoms. The number of methoxy groups -OCH3 is 1. The number of aromatic nitrogens is 2. The van der Waals surface area contributed by atoms with E-state index in [2.05, 4.69) is 15.3 Å². The minimum absolute atomic E-state index is 0.0194. The summed E-state index contributed by atoms with van der Waals surface area (Å²) in [7, 11) is 1.58. The van der Waals surface area contributed by atoms with E-state index >= 15 is 0 Å². The van der Waals surface area contributed by atoms with Gasteiger partial charge in [-0.1, -0.05) is 11.6 Å². The highest BCUT2D eigenvalue weighted by Gasteiger charge is 2.26. The SMILES string of the molecule is COCCOc1nc(N[C@@H]2CCN(C(=O)O)C2)ncc1Cl. The van der Waals surface area contributed by atoms with Crippen LogP contribution in [0.4, 0.5) is 10.7 Å². The highest BCUT2D eigenvalue weighted by molar-refractivity contribution is 6.31. The Morgan fingerprint density at radius 1 is 1.62 bits per heavy atom. The highest BCUT2D eigenvalue weighted by Crippen LogP contribution is 2.23. The molecule has 0 aromatic carbocycles. The maximum Gasteiger partial charge on any atom is 0.407 e. The molecule has 1 aliphatic heterocycles. The second-order valence-electron chi connectivity index (χ2n) is 4.55. The Labute approximate surface area is 127 Å². The van der Waals surface area contributed by atoms with Crippen LogP contribution in [0.25, 0.3) is 0 Å². The third-order valence-corrected chi connectivity index (χ3v) is 3.29. The van der Waals surface area contributed by atoms with E-state index in [1.165, 1.54) is 11.1 Å². The Morgan fingerprint density at radius 3 is 3.10 bits per heavy atom. The van der Waals surface area contributed by atoms with Gasteiger partial charge in [0.15, 0.2) is 0 Å². The van der Waals surface area contributed by atoms with Crippen LogP contribution in [0.15, 0.2) is 6.20 Å². The van der Waals surface area contributed by atoms with Gasteiger partial charge in [0.2, 0.25) is 11.8 Å². The van der Waals surface area contributed by atoms with Crippen LogP contribution in [-0.4, -0.2) is 65.5 Å². The van der Waals surface area contributed by atoms with E-state index < -0.39 is 6.09 Å². The quantitative estimate of drug-likeness (QED) is 0.764.